The van der Waals surface area contributed by atoms with Crippen LogP contribution in [0, 0.1) is 0 Å². The molecule has 0 N–H and O–H groups in total. The summed E-state index contributed by atoms with van der Waals surface area (Å²) in [4.78, 5) is 15.2. The number of amides is 1. The molecular formula is C27H20BrCl2NO3S2. The van der Waals surface area contributed by atoms with Gasteiger partial charge in [-0.2, -0.15) is 0 Å². The van der Waals surface area contributed by atoms with E-state index in [-0.39, 0.29) is 5.91 Å². The van der Waals surface area contributed by atoms with Gasteiger partial charge in [-0.3, -0.25) is 9.69 Å². The van der Waals surface area contributed by atoms with Crippen molar-refractivity contribution in [1.29, 1.82) is 0 Å². The second kappa shape index (κ2) is 11.8. The second-order valence-corrected chi connectivity index (χ2v) is 11.1. The SMILES string of the molecule is C=CCc1cc(/C=C2/SC(=S)N(c3ccc(Cl)c(Cl)c3)C2=O)cc(OC)c1OCc1ccc(Br)cc1. The van der Waals surface area contributed by atoms with E-state index in [0.29, 0.717) is 49.5 Å². The first-order chi connectivity index (χ1) is 17.3. The quantitative estimate of drug-likeness (QED) is 0.143. The summed E-state index contributed by atoms with van der Waals surface area (Å²) in [5.41, 5.74) is 3.28. The molecule has 1 aliphatic heterocycles. The van der Waals surface area contributed by atoms with E-state index in [2.05, 4.69) is 22.5 Å². The molecule has 9 heteroatoms. The van der Waals surface area contributed by atoms with Crippen molar-refractivity contribution < 1.29 is 14.3 Å². The largest absolute Gasteiger partial charge is 0.493 e. The van der Waals surface area contributed by atoms with E-state index in [1.165, 1.54) is 16.7 Å². The standard InChI is InChI=1S/C27H20BrCl2NO3S2/c1-3-4-18-11-17(12-23(33-2)25(18)34-15-16-5-7-19(28)8-6-16)13-24-26(32)31(27(35)36-24)20-9-10-21(29)22(30)14-20/h3,5-14H,1,4,15H2,2H3/b24-13+. The van der Waals surface area contributed by atoms with Crippen LogP contribution in [0.4, 0.5) is 5.69 Å². The Labute approximate surface area is 238 Å². The van der Waals surface area contributed by atoms with Gasteiger partial charge in [0.05, 0.1) is 27.7 Å². The van der Waals surface area contributed by atoms with E-state index in [1.54, 1.807) is 37.5 Å². The Kier molecular flexibility index (Phi) is 8.80. The fourth-order valence-electron chi connectivity index (χ4n) is 3.59. The van der Waals surface area contributed by atoms with E-state index >= 15 is 0 Å². The molecule has 1 fully saturated rings. The number of allylic oxidation sites excluding steroid dienone is 1. The lowest BCUT2D eigenvalue weighted by Crippen LogP contribution is -2.27. The Morgan fingerprint density at radius 2 is 1.86 bits per heavy atom. The van der Waals surface area contributed by atoms with Gasteiger partial charge < -0.3 is 9.47 Å². The average Bonchev–Trinajstić information content (AvgIpc) is 3.13. The molecule has 0 unspecified atom stereocenters. The molecule has 0 aliphatic carbocycles. The molecule has 4 rings (SSSR count). The molecule has 0 radical (unpaired) electrons. The maximum absolute atomic E-state index is 13.2. The molecule has 36 heavy (non-hydrogen) atoms. The summed E-state index contributed by atoms with van der Waals surface area (Å²) in [6, 6.07) is 16.7. The zero-order valence-electron chi connectivity index (χ0n) is 19.1. The van der Waals surface area contributed by atoms with Gasteiger partial charge in [0.1, 0.15) is 6.61 Å². The van der Waals surface area contributed by atoms with Crippen molar-refractivity contribution in [2.24, 2.45) is 0 Å². The van der Waals surface area contributed by atoms with Gasteiger partial charge in [0, 0.05) is 10.0 Å². The van der Waals surface area contributed by atoms with Crippen molar-refractivity contribution in [3.63, 3.8) is 0 Å². The number of benzene rings is 3. The van der Waals surface area contributed by atoms with Gasteiger partial charge in [0.25, 0.3) is 5.91 Å². The van der Waals surface area contributed by atoms with Crippen molar-refractivity contribution in [3.05, 3.63) is 103 Å². The highest BCUT2D eigenvalue weighted by Gasteiger charge is 2.33. The Balaban J connectivity index is 1.64. The number of nitrogens with zero attached hydrogens (tertiary/aromatic N) is 1. The average molecular weight is 621 g/mol. The minimum absolute atomic E-state index is 0.233. The minimum Gasteiger partial charge on any atom is -0.493 e. The molecule has 1 saturated heterocycles. The summed E-state index contributed by atoms with van der Waals surface area (Å²) in [7, 11) is 1.59. The van der Waals surface area contributed by atoms with Gasteiger partial charge in [-0.25, -0.2) is 0 Å². The summed E-state index contributed by atoms with van der Waals surface area (Å²) in [5.74, 6) is 0.974. The van der Waals surface area contributed by atoms with Gasteiger partial charge >= 0.3 is 0 Å². The van der Waals surface area contributed by atoms with Crippen LogP contribution in [0.5, 0.6) is 11.5 Å². The first-order valence-electron chi connectivity index (χ1n) is 10.7. The van der Waals surface area contributed by atoms with Crippen molar-refractivity contribution in [3.8, 4) is 11.5 Å². The molecule has 1 amide bonds. The van der Waals surface area contributed by atoms with E-state index < -0.39 is 0 Å². The third-order valence-corrected chi connectivity index (χ3v) is 7.86. The number of halogens is 3. The Bertz CT molecular complexity index is 1380. The maximum atomic E-state index is 13.2. The van der Waals surface area contributed by atoms with Gasteiger partial charge in [0.2, 0.25) is 0 Å². The van der Waals surface area contributed by atoms with Crippen LogP contribution in [-0.4, -0.2) is 17.3 Å². The first kappa shape index (κ1) is 26.8. The monoisotopic (exact) mass is 619 g/mol. The summed E-state index contributed by atoms with van der Waals surface area (Å²) >= 11 is 22.3. The molecule has 184 valence electrons. The molecule has 0 atom stereocenters. The smallest absolute Gasteiger partial charge is 0.270 e. The van der Waals surface area contributed by atoms with Crippen molar-refractivity contribution in [2.75, 3.05) is 12.0 Å². The fraction of sp³-hybridized carbons (Fsp3) is 0.111. The fourth-order valence-corrected chi connectivity index (χ4v) is 5.45. The number of rotatable bonds is 8. The number of carbonyl (C=O) groups is 1. The predicted octanol–water partition coefficient (Wildman–Crippen LogP) is 8.48. The van der Waals surface area contributed by atoms with E-state index in [4.69, 9.17) is 44.9 Å². The third kappa shape index (κ3) is 5.98. The number of methoxy groups -OCH3 is 1. The second-order valence-electron chi connectivity index (χ2n) is 7.73. The number of anilines is 1. The van der Waals surface area contributed by atoms with Crippen LogP contribution in [0.1, 0.15) is 16.7 Å². The molecule has 4 nitrogen and oxygen atoms in total. The molecule has 1 heterocycles. The van der Waals surface area contributed by atoms with Crippen LogP contribution >= 0.6 is 63.1 Å². The van der Waals surface area contributed by atoms with Crippen LogP contribution in [0.15, 0.2) is 76.6 Å². The van der Waals surface area contributed by atoms with Gasteiger partial charge in [-0.1, -0.05) is 81.3 Å². The van der Waals surface area contributed by atoms with Crippen LogP contribution in [0.3, 0.4) is 0 Å². The Morgan fingerprint density at radius 1 is 1.11 bits per heavy atom. The van der Waals surface area contributed by atoms with Crippen LogP contribution in [0.25, 0.3) is 6.08 Å². The lowest BCUT2D eigenvalue weighted by atomic mass is 10.0. The zero-order chi connectivity index (χ0) is 25.8. The van der Waals surface area contributed by atoms with Crippen molar-refractivity contribution in [1.82, 2.24) is 0 Å². The normalized spacial score (nSPS) is 14.4. The van der Waals surface area contributed by atoms with Crippen LogP contribution in [-0.2, 0) is 17.8 Å². The number of thiocarbonyl (C=S) groups is 1. The van der Waals surface area contributed by atoms with Gasteiger partial charge in [0.15, 0.2) is 15.8 Å². The minimum atomic E-state index is -0.233. The molecule has 3 aromatic rings. The highest BCUT2D eigenvalue weighted by atomic mass is 79.9. The molecular weight excluding hydrogens is 601 g/mol. The molecule has 1 aliphatic rings. The van der Waals surface area contributed by atoms with E-state index in [1.807, 2.05) is 36.4 Å². The first-order valence-corrected chi connectivity index (χ1v) is 13.5. The van der Waals surface area contributed by atoms with Gasteiger partial charge in [-0.15, -0.1) is 6.58 Å². The molecule has 0 saturated carbocycles. The number of ether oxygens (including phenoxy) is 2. The lowest BCUT2D eigenvalue weighted by Gasteiger charge is -2.16. The van der Waals surface area contributed by atoms with E-state index in [9.17, 15) is 4.79 Å². The zero-order valence-corrected chi connectivity index (χ0v) is 23.8. The highest BCUT2D eigenvalue weighted by Crippen LogP contribution is 2.40. The Hall–Kier alpha value is -2.29. The summed E-state index contributed by atoms with van der Waals surface area (Å²) in [5, 5.41) is 0.760. The topological polar surface area (TPSA) is 38.8 Å². The van der Waals surface area contributed by atoms with Gasteiger partial charge in [-0.05, 0) is 66.1 Å². The number of thioether (sulfide) groups is 1. The van der Waals surface area contributed by atoms with E-state index in [0.717, 1.165) is 21.2 Å². The number of hydrogen-bond acceptors (Lipinski definition) is 5. The predicted molar refractivity (Wildman–Crippen MR) is 157 cm³/mol. The lowest BCUT2D eigenvalue weighted by molar-refractivity contribution is -0.113. The van der Waals surface area contributed by atoms with Crippen LogP contribution < -0.4 is 14.4 Å². The van der Waals surface area contributed by atoms with Crippen LogP contribution in [0.2, 0.25) is 10.0 Å². The molecule has 0 bridgehead atoms. The van der Waals surface area contributed by atoms with Crippen molar-refractivity contribution >= 4 is 85.1 Å². The summed E-state index contributed by atoms with van der Waals surface area (Å²) in [6.45, 7) is 4.26. The third-order valence-electron chi connectivity index (χ3n) is 5.29. The number of carbonyl (C=O) groups excluding carboxylic acids is 1. The molecule has 3 aromatic carbocycles. The molecule has 0 aromatic heterocycles. The highest BCUT2D eigenvalue weighted by molar-refractivity contribution is 9.10. The summed E-state index contributed by atoms with van der Waals surface area (Å²) in [6.07, 6.45) is 4.16. The molecule has 0 spiro atoms. The number of hydrogen-bond donors (Lipinski definition) is 0. The van der Waals surface area contributed by atoms with Crippen molar-refractivity contribution in [2.45, 2.75) is 13.0 Å². The maximum Gasteiger partial charge on any atom is 0.270 e. The Morgan fingerprint density at radius 3 is 2.53 bits per heavy atom. The summed E-state index contributed by atoms with van der Waals surface area (Å²) < 4.78 is 13.2.